The molecule has 1 aromatic heterocycles. The lowest BCUT2D eigenvalue weighted by atomic mass is 9.96. The quantitative estimate of drug-likeness (QED) is 0.555. The highest BCUT2D eigenvalue weighted by atomic mass is 15.2. The van der Waals surface area contributed by atoms with Crippen molar-refractivity contribution in [3.63, 3.8) is 0 Å². The molecule has 0 bridgehead atoms. The fraction of sp³-hybridized carbons (Fsp3) is 0.500. The van der Waals surface area contributed by atoms with E-state index in [-0.39, 0.29) is 0 Å². The van der Waals surface area contributed by atoms with Gasteiger partial charge in [-0.1, -0.05) is 12.8 Å². The van der Waals surface area contributed by atoms with Crippen molar-refractivity contribution in [2.75, 3.05) is 5.43 Å². The van der Waals surface area contributed by atoms with Gasteiger partial charge in [0.05, 0.1) is 5.56 Å². The van der Waals surface area contributed by atoms with E-state index in [1.54, 1.807) is 0 Å². The Kier molecular flexibility index (Phi) is 3.37. The molecule has 0 spiro atoms. The summed E-state index contributed by atoms with van der Waals surface area (Å²) in [5.41, 5.74) is 5.36. The highest BCUT2D eigenvalue weighted by Crippen LogP contribution is 2.22. The Morgan fingerprint density at radius 2 is 2.00 bits per heavy atom. The van der Waals surface area contributed by atoms with E-state index in [2.05, 4.69) is 16.5 Å². The van der Waals surface area contributed by atoms with Gasteiger partial charge in [-0.05, 0) is 37.3 Å². The molecule has 4 heteroatoms. The average Bonchev–Trinajstić information content (AvgIpc) is 2.29. The molecule has 16 heavy (non-hydrogen) atoms. The molecule has 0 radical (unpaired) electrons. The smallest absolute Gasteiger partial charge is 0.158 e. The number of nitrogens with zero attached hydrogens (tertiary/aromatic N) is 2. The Balaban J connectivity index is 2.41. The molecule has 1 aliphatic rings. The van der Waals surface area contributed by atoms with Crippen molar-refractivity contribution < 1.29 is 0 Å². The Bertz CT molecular complexity index is 420. The molecule has 1 heterocycles. The van der Waals surface area contributed by atoms with E-state index < -0.39 is 0 Å². The zero-order valence-electron chi connectivity index (χ0n) is 9.29. The van der Waals surface area contributed by atoms with E-state index in [4.69, 9.17) is 11.1 Å². The number of rotatable bonds is 1. The Labute approximate surface area is 95.5 Å². The lowest BCUT2D eigenvalue weighted by molar-refractivity contribution is 0.609. The van der Waals surface area contributed by atoms with E-state index in [0.29, 0.717) is 11.4 Å². The predicted molar refractivity (Wildman–Crippen MR) is 62.6 cm³/mol. The van der Waals surface area contributed by atoms with Gasteiger partial charge in [-0.2, -0.15) is 5.26 Å². The number of nitrogens with two attached hydrogens (primary N) is 1. The molecule has 0 amide bonds. The number of hydrogen-bond acceptors (Lipinski definition) is 4. The summed E-state index contributed by atoms with van der Waals surface area (Å²) >= 11 is 0. The van der Waals surface area contributed by atoms with Crippen molar-refractivity contribution in [2.45, 2.75) is 38.5 Å². The van der Waals surface area contributed by atoms with Gasteiger partial charge in [0, 0.05) is 5.69 Å². The Hall–Kier alpha value is -1.60. The number of aromatic nitrogens is 1. The molecular formula is C12H16N4. The molecule has 3 N–H and O–H groups in total. The molecule has 84 valence electrons. The van der Waals surface area contributed by atoms with Gasteiger partial charge in [-0.3, -0.25) is 0 Å². The Morgan fingerprint density at radius 3 is 2.69 bits per heavy atom. The first-order valence-corrected chi connectivity index (χ1v) is 5.74. The molecule has 0 saturated carbocycles. The van der Waals surface area contributed by atoms with Crippen LogP contribution in [0, 0.1) is 11.3 Å². The molecule has 0 unspecified atom stereocenters. The second-order valence-corrected chi connectivity index (χ2v) is 4.16. The number of nitrogen functional groups attached to an aromatic ring is 1. The van der Waals surface area contributed by atoms with Gasteiger partial charge in [0.1, 0.15) is 6.07 Å². The molecule has 0 aliphatic heterocycles. The van der Waals surface area contributed by atoms with Crippen LogP contribution in [0.5, 0.6) is 0 Å². The molecule has 4 nitrogen and oxygen atoms in total. The second kappa shape index (κ2) is 4.95. The molecule has 2 rings (SSSR count). The third-order valence-corrected chi connectivity index (χ3v) is 3.06. The van der Waals surface area contributed by atoms with E-state index in [0.717, 1.165) is 18.5 Å². The molecule has 0 fully saturated rings. The second-order valence-electron chi connectivity index (χ2n) is 4.16. The zero-order chi connectivity index (χ0) is 11.4. The minimum Gasteiger partial charge on any atom is -0.307 e. The van der Waals surface area contributed by atoms with Crippen molar-refractivity contribution >= 4 is 5.82 Å². The number of hydrogen-bond donors (Lipinski definition) is 2. The summed E-state index contributed by atoms with van der Waals surface area (Å²) in [7, 11) is 0. The number of pyridine rings is 1. The molecule has 1 aromatic rings. The summed E-state index contributed by atoms with van der Waals surface area (Å²) in [6, 6.07) is 4.06. The normalized spacial score (nSPS) is 15.5. The van der Waals surface area contributed by atoms with Gasteiger partial charge in [0.15, 0.2) is 5.82 Å². The van der Waals surface area contributed by atoms with Crippen LogP contribution in [0.1, 0.15) is 42.5 Å². The van der Waals surface area contributed by atoms with E-state index in [1.807, 2.05) is 6.07 Å². The zero-order valence-corrected chi connectivity index (χ0v) is 9.29. The number of hydrazine groups is 1. The summed E-state index contributed by atoms with van der Waals surface area (Å²) in [6.07, 6.45) is 6.94. The first-order valence-electron chi connectivity index (χ1n) is 5.74. The standard InChI is InChI=1S/C12H16N4/c13-8-10-7-9-5-3-1-2-4-6-11(9)15-12(10)16-14/h7H,1-6,14H2,(H,15,16). The van der Waals surface area contributed by atoms with Crippen LogP contribution in [0.15, 0.2) is 6.07 Å². The van der Waals surface area contributed by atoms with Crippen LogP contribution in [0.2, 0.25) is 0 Å². The lowest BCUT2D eigenvalue weighted by Crippen LogP contribution is -2.13. The van der Waals surface area contributed by atoms with Crippen molar-refractivity contribution in [2.24, 2.45) is 5.84 Å². The molecule has 0 aromatic carbocycles. The van der Waals surface area contributed by atoms with Gasteiger partial charge in [-0.25, -0.2) is 10.8 Å². The van der Waals surface area contributed by atoms with Crippen LogP contribution >= 0.6 is 0 Å². The Morgan fingerprint density at radius 1 is 1.25 bits per heavy atom. The number of nitrogens with one attached hydrogen (secondary N) is 1. The summed E-state index contributed by atoms with van der Waals surface area (Å²) in [5, 5.41) is 8.99. The van der Waals surface area contributed by atoms with Crippen molar-refractivity contribution in [3.05, 3.63) is 22.9 Å². The molecule has 0 saturated heterocycles. The van der Waals surface area contributed by atoms with Crippen LogP contribution in [-0.4, -0.2) is 4.98 Å². The fourth-order valence-electron chi connectivity index (χ4n) is 2.18. The summed E-state index contributed by atoms with van der Waals surface area (Å²) in [6.45, 7) is 0. The highest BCUT2D eigenvalue weighted by Gasteiger charge is 2.12. The van der Waals surface area contributed by atoms with E-state index in [9.17, 15) is 0 Å². The third-order valence-electron chi connectivity index (χ3n) is 3.06. The minimum atomic E-state index is 0.502. The van der Waals surface area contributed by atoms with Gasteiger partial charge < -0.3 is 5.43 Å². The first kappa shape index (κ1) is 10.9. The maximum atomic E-state index is 8.99. The largest absolute Gasteiger partial charge is 0.307 e. The first-order chi connectivity index (χ1) is 7.85. The predicted octanol–water partition coefficient (Wildman–Crippen LogP) is 1.90. The number of fused-ring (bicyclic) bond motifs is 1. The highest BCUT2D eigenvalue weighted by molar-refractivity contribution is 5.53. The van der Waals surface area contributed by atoms with E-state index in [1.165, 1.54) is 31.2 Å². The molecule has 1 aliphatic carbocycles. The third kappa shape index (κ3) is 2.15. The van der Waals surface area contributed by atoms with Crippen molar-refractivity contribution in [1.29, 1.82) is 5.26 Å². The summed E-state index contributed by atoms with van der Waals surface area (Å²) in [4.78, 5) is 4.45. The number of nitriles is 1. The van der Waals surface area contributed by atoms with Crippen LogP contribution in [0.4, 0.5) is 5.82 Å². The fourth-order valence-corrected chi connectivity index (χ4v) is 2.18. The van der Waals surface area contributed by atoms with Gasteiger partial charge in [0.25, 0.3) is 0 Å². The van der Waals surface area contributed by atoms with Gasteiger partial charge in [0.2, 0.25) is 0 Å². The lowest BCUT2D eigenvalue weighted by Gasteiger charge is -2.14. The van der Waals surface area contributed by atoms with Crippen molar-refractivity contribution in [3.8, 4) is 6.07 Å². The average molecular weight is 216 g/mol. The monoisotopic (exact) mass is 216 g/mol. The molecule has 0 atom stereocenters. The van der Waals surface area contributed by atoms with E-state index >= 15 is 0 Å². The van der Waals surface area contributed by atoms with Crippen LogP contribution in [-0.2, 0) is 12.8 Å². The van der Waals surface area contributed by atoms with Gasteiger partial charge >= 0.3 is 0 Å². The SMILES string of the molecule is N#Cc1cc2c(nc1NN)CCCCCC2. The maximum Gasteiger partial charge on any atom is 0.158 e. The minimum absolute atomic E-state index is 0.502. The van der Waals surface area contributed by atoms with Gasteiger partial charge in [-0.15, -0.1) is 0 Å². The topological polar surface area (TPSA) is 74.7 Å². The maximum absolute atomic E-state index is 8.99. The van der Waals surface area contributed by atoms with Crippen LogP contribution in [0.25, 0.3) is 0 Å². The summed E-state index contributed by atoms with van der Waals surface area (Å²) < 4.78 is 0. The molecular weight excluding hydrogens is 200 g/mol. The van der Waals surface area contributed by atoms with Crippen LogP contribution < -0.4 is 11.3 Å². The number of anilines is 1. The van der Waals surface area contributed by atoms with Crippen LogP contribution in [0.3, 0.4) is 0 Å². The summed E-state index contributed by atoms with van der Waals surface area (Å²) in [5.74, 6) is 5.87. The number of aryl methyl sites for hydroxylation is 2. The van der Waals surface area contributed by atoms with Crippen molar-refractivity contribution in [1.82, 2.24) is 4.98 Å².